The average Bonchev–Trinajstić information content (AvgIpc) is 3.07. The number of rotatable bonds is 5. The summed E-state index contributed by atoms with van der Waals surface area (Å²) in [6, 6.07) is 14.5. The highest BCUT2D eigenvalue weighted by atomic mass is 32.2. The zero-order valence-corrected chi connectivity index (χ0v) is 16.9. The lowest BCUT2D eigenvalue weighted by molar-refractivity contribution is -0.131. The van der Waals surface area contributed by atoms with Crippen LogP contribution in [0.4, 0.5) is 0 Å². The van der Waals surface area contributed by atoms with Crippen LogP contribution in [0.3, 0.4) is 0 Å². The maximum atomic E-state index is 12.7. The summed E-state index contributed by atoms with van der Waals surface area (Å²) in [6.45, 7) is 3.62. The van der Waals surface area contributed by atoms with E-state index in [0.29, 0.717) is 17.4 Å². The summed E-state index contributed by atoms with van der Waals surface area (Å²) in [5, 5.41) is 11.3. The molecule has 1 aromatic heterocycles. The zero-order valence-electron chi connectivity index (χ0n) is 16.0. The molecule has 0 bridgehead atoms. The van der Waals surface area contributed by atoms with Gasteiger partial charge in [-0.2, -0.15) is 0 Å². The number of nitrogen functional groups attached to an aromatic ring is 1. The second-order valence-corrected chi connectivity index (χ2v) is 8.54. The van der Waals surface area contributed by atoms with E-state index in [4.69, 9.17) is 5.84 Å². The van der Waals surface area contributed by atoms with Crippen molar-refractivity contribution in [1.29, 1.82) is 0 Å². The van der Waals surface area contributed by atoms with E-state index >= 15 is 0 Å². The van der Waals surface area contributed by atoms with Crippen molar-refractivity contribution in [1.82, 2.24) is 19.8 Å². The lowest BCUT2D eigenvalue weighted by Gasteiger charge is -2.28. The molecule has 28 heavy (non-hydrogen) atoms. The second kappa shape index (κ2) is 8.22. The molecule has 1 saturated heterocycles. The number of nitrogens with zero attached hydrogens (tertiary/aromatic N) is 4. The van der Waals surface area contributed by atoms with Gasteiger partial charge in [0.05, 0.1) is 5.25 Å². The normalized spacial score (nSPS) is 15.7. The van der Waals surface area contributed by atoms with Crippen molar-refractivity contribution in [2.24, 2.45) is 0 Å². The fourth-order valence-electron chi connectivity index (χ4n) is 3.71. The van der Waals surface area contributed by atoms with Gasteiger partial charge in [0, 0.05) is 19.5 Å². The Kier molecular flexibility index (Phi) is 5.52. The number of benzene rings is 2. The number of piperidine rings is 1. The Morgan fingerprint density at radius 1 is 1.11 bits per heavy atom. The number of hydrogen-bond donors (Lipinski definition) is 1. The van der Waals surface area contributed by atoms with E-state index in [2.05, 4.69) is 34.5 Å². The van der Waals surface area contributed by atoms with E-state index in [1.54, 1.807) is 0 Å². The van der Waals surface area contributed by atoms with Crippen molar-refractivity contribution in [2.45, 2.75) is 43.0 Å². The molecule has 1 aliphatic heterocycles. The van der Waals surface area contributed by atoms with Crippen LogP contribution in [-0.4, -0.2) is 44.0 Å². The van der Waals surface area contributed by atoms with Gasteiger partial charge in [-0.1, -0.05) is 54.2 Å². The van der Waals surface area contributed by atoms with Crippen LogP contribution in [0.5, 0.6) is 0 Å². The number of amides is 1. The van der Waals surface area contributed by atoms with Crippen LogP contribution in [0.15, 0.2) is 47.6 Å². The van der Waals surface area contributed by atoms with Gasteiger partial charge in [0.2, 0.25) is 11.1 Å². The van der Waals surface area contributed by atoms with Crippen molar-refractivity contribution in [2.75, 3.05) is 18.9 Å². The Bertz CT molecular complexity index is 975. The first kappa shape index (κ1) is 18.8. The van der Waals surface area contributed by atoms with Crippen LogP contribution in [0, 0.1) is 0 Å². The lowest BCUT2D eigenvalue weighted by Crippen LogP contribution is -2.40. The first-order chi connectivity index (χ1) is 13.6. The second-order valence-electron chi connectivity index (χ2n) is 7.23. The van der Waals surface area contributed by atoms with E-state index in [-0.39, 0.29) is 11.2 Å². The highest BCUT2D eigenvalue weighted by Gasteiger charge is 2.25. The van der Waals surface area contributed by atoms with Crippen LogP contribution in [0.2, 0.25) is 0 Å². The van der Waals surface area contributed by atoms with Crippen LogP contribution in [0.1, 0.15) is 37.6 Å². The molecule has 1 unspecified atom stereocenters. The van der Waals surface area contributed by atoms with Gasteiger partial charge in [0.1, 0.15) is 0 Å². The Hall–Kier alpha value is -2.54. The van der Waals surface area contributed by atoms with Crippen molar-refractivity contribution < 1.29 is 4.79 Å². The molecular weight excluding hydrogens is 370 g/mol. The van der Waals surface area contributed by atoms with E-state index in [0.717, 1.165) is 31.5 Å². The Labute approximate surface area is 169 Å². The van der Waals surface area contributed by atoms with Gasteiger partial charge in [0.25, 0.3) is 0 Å². The zero-order chi connectivity index (χ0) is 19.5. The minimum Gasteiger partial charge on any atom is -0.342 e. The molecule has 1 amide bonds. The minimum atomic E-state index is -0.227. The van der Waals surface area contributed by atoms with E-state index in [1.807, 2.05) is 30.0 Å². The highest BCUT2D eigenvalue weighted by molar-refractivity contribution is 8.00. The molecule has 1 fully saturated rings. The number of carbonyl (C=O) groups excluding carboxylic acids is 1. The Balaban J connectivity index is 1.49. The molecule has 0 spiro atoms. The Morgan fingerprint density at radius 3 is 2.68 bits per heavy atom. The molecule has 4 rings (SSSR count). The molecule has 0 radical (unpaired) electrons. The number of nitrogens with two attached hydrogens (primary N) is 1. The van der Waals surface area contributed by atoms with Crippen molar-refractivity contribution in [3.05, 3.63) is 53.9 Å². The van der Waals surface area contributed by atoms with Gasteiger partial charge in [-0.25, -0.2) is 4.68 Å². The summed E-state index contributed by atoms with van der Waals surface area (Å²) in [4.78, 5) is 14.6. The van der Waals surface area contributed by atoms with E-state index < -0.39 is 0 Å². The third-order valence-corrected chi connectivity index (χ3v) is 6.31. The van der Waals surface area contributed by atoms with Crippen molar-refractivity contribution in [3.8, 4) is 0 Å². The van der Waals surface area contributed by atoms with Gasteiger partial charge < -0.3 is 10.7 Å². The van der Waals surface area contributed by atoms with Crippen molar-refractivity contribution >= 4 is 28.4 Å². The van der Waals surface area contributed by atoms with Gasteiger partial charge >= 0.3 is 0 Å². The standard InChI is InChI=1S/C21H25N5OS/c1-15(20(27)25-12-5-2-6-13-25)28-21-24-23-19(26(21)22)14-17-10-7-9-16-8-3-4-11-18(16)17/h3-4,7-11,15H,2,5-6,12-14,22H2,1H3. The van der Waals surface area contributed by atoms with Crippen LogP contribution >= 0.6 is 11.8 Å². The lowest BCUT2D eigenvalue weighted by atomic mass is 10.0. The molecule has 146 valence electrons. The smallest absolute Gasteiger partial charge is 0.235 e. The molecule has 6 nitrogen and oxygen atoms in total. The van der Waals surface area contributed by atoms with E-state index in [1.165, 1.54) is 33.6 Å². The number of likely N-dealkylation sites (tertiary alicyclic amines) is 1. The predicted octanol–water partition coefficient (Wildman–Crippen LogP) is 3.23. The van der Waals surface area contributed by atoms with Crippen LogP contribution in [-0.2, 0) is 11.2 Å². The molecular formula is C21H25N5OS. The fourth-order valence-corrected chi connectivity index (χ4v) is 4.58. The largest absolute Gasteiger partial charge is 0.342 e. The molecule has 2 aromatic carbocycles. The fraction of sp³-hybridized carbons (Fsp3) is 0.381. The number of aromatic nitrogens is 3. The minimum absolute atomic E-state index is 0.156. The average molecular weight is 396 g/mol. The van der Waals surface area contributed by atoms with Gasteiger partial charge in [-0.05, 0) is 42.5 Å². The summed E-state index contributed by atoms with van der Waals surface area (Å²) in [5.74, 6) is 7.12. The number of thioether (sulfide) groups is 1. The molecule has 2 heterocycles. The van der Waals surface area contributed by atoms with Gasteiger partial charge in [-0.15, -0.1) is 10.2 Å². The number of carbonyl (C=O) groups is 1. The van der Waals surface area contributed by atoms with Crippen LogP contribution in [0.25, 0.3) is 10.8 Å². The molecule has 1 aliphatic rings. The molecule has 3 aromatic rings. The van der Waals surface area contributed by atoms with Crippen LogP contribution < -0.4 is 5.84 Å². The SMILES string of the molecule is CC(Sc1nnc(Cc2cccc3ccccc23)n1N)C(=O)N1CCCCC1. The highest BCUT2D eigenvalue weighted by Crippen LogP contribution is 2.25. The monoisotopic (exact) mass is 395 g/mol. The molecule has 1 atom stereocenters. The summed E-state index contributed by atoms with van der Waals surface area (Å²) in [7, 11) is 0. The quantitative estimate of drug-likeness (QED) is 0.530. The molecule has 0 saturated carbocycles. The molecule has 0 aliphatic carbocycles. The number of fused-ring (bicyclic) bond motifs is 1. The summed E-state index contributed by atoms with van der Waals surface area (Å²) < 4.78 is 1.52. The third-order valence-electron chi connectivity index (χ3n) is 5.26. The van der Waals surface area contributed by atoms with E-state index in [9.17, 15) is 4.79 Å². The maximum absolute atomic E-state index is 12.7. The first-order valence-electron chi connectivity index (χ1n) is 9.75. The summed E-state index contributed by atoms with van der Waals surface area (Å²) in [6.07, 6.45) is 3.98. The maximum Gasteiger partial charge on any atom is 0.235 e. The Morgan fingerprint density at radius 2 is 1.86 bits per heavy atom. The van der Waals surface area contributed by atoms with Crippen molar-refractivity contribution in [3.63, 3.8) is 0 Å². The predicted molar refractivity (Wildman–Crippen MR) is 113 cm³/mol. The summed E-state index contributed by atoms with van der Waals surface area (Å²) in [5.41, 5.74) is 1.16. The molecule has 7 heteroatoms. The summed E-state index contributed by atoms with van der Waals surface area (Å²) >= 11 is 1.38. The van der Waals surface area contributed by atoms with Gasteiger partial charge in [-0.3, -0.25) is 4.79 Å². The number of hydrogen-bond acceptors (Lipinski definition) is 5. The van der Waals surface area contributed by atoms with Gasteiger partial charge in [0.15, 0.2) is 5.82 Å². The molecule has 2 N–H and O–H groups in total. The topological polar surface area (TPSA) is 77.0 Å². The third kappa shape index (κ3) is 3.85. The first-order valence-corrected chi connectivity index (χ1v) is 10.6.